The van der Waals surface area contributed by atoms with Gasteiger partial charge in [0, 0.05) is 22.8 Å². The van der Waals surface area contributed by atoms with Crippen LogP contribution < -0.4 is 69.3 Å². The minimum absolute atomic E-state index is 0. The van der Waals surface area contributed by atoms with Crippen LogP contribution in [0.5, 0.6) is 0 Å². The SMILES string of the molecule is CC1(C(=O)[O-])CC[C@]2(C)CC[C@]3(C)C(=CCC4[C@@]5(C)CC[C@H](OCCC(=O)O)C(C)(C)C5CC[C@]43C)[C@@H]2C1.CC1(C(=O)[O-])CC[C@]2(C)CC[C@]3(C)C(=CCC4[C@@]5(C)CC[C@H](OCCC(=O)O)C(C)(C)C5CC[C@]43C)[C@H]2C1.[Na+].[Na+]. The van der Waals surface area contributed by atoms with E-state index in [4.69, 9.17) is 19.7 Å². The van der Waals surface area contributed by atoms with Gasteiger partial charge in [0.15, 0.2) is 0 Å². The molecule has 0 aromatic heterocycles. The van der Waals surface area contributed by atoms with Gasteiger partial charge in [-0.3, -0.25) is 9.59 Å². The third-order valence-corrected chi connectivity index (χ3v) is 27.8. The molecule has 18 atom stereocenters. The third-order valence-electron chi connectivity index (χ3n) is 27.8. The Balaban J connectivity index is 0.000000220. The number of rotatable bonds is 10. The van der Waals surface area contributed by atoms with E-state index in [-0.39, 0.29) is 138 Å². The number of allylic oxidation sites excluding steroid dienone is 4. The fourth-order valence-electron chi connectivity index (χ4n) is 22.2. The molecule has 0 heterocycles. The van der Waals surface area contributed by atoms with E-state index in [1.807, 2.05) is 13.8 Å². The fourth-order valence-corrected chi connectivity index (χ4v) is 22.2. The molecular formula is C66H102Na2O10. The largest absolute Gasteiger partial charge is 1.00 e. The first kappa shape index (κ1) is 64.8. The van der Waals surface area contributed by atoms with Crippen LogP contribution in [0.1, 0.15) is 238 Å². The number of hydrogen-bond acceptors (Lipinski definition) is 8. The molecule has 8 saturated carbocycles. The Bertz CT molecular complexity index is 2240. The van der Waals surface area contributed by atoms with Gasteiger partial charge in [0.2, 0.25) is 0 Å². The zero-order valence-corrected chi connectivity index (χ0v) is 55.9. The fraction of sp³-hybridized carbons (Fsp3) is 0.879. The van der Waals surface area contributed by atoms with Crippen molar-refractivity contribution in [1.29, 1.82) is 0 Å². The Labute approximate surface area is 515 Å². The van der Waals surface area contributed by atoms with E-state index in [2.05, 4.69) is 95.2 Å². The van der Waals surface area contributed by atoms with Crippen molar-refractivity contribution in [3.05, 3.63) is 23.3 Å². The van der Waals surface area contributed by atoms with Gasteiger partial charge in [-0.15, -0.1) is 0 Å². The van der Waals surface area contributed by atoms with Gasteiger partial charge in [-0.2, -0.15) is 0 Å². The maximum atomic E-state index is 12.2. The number of carbonyl (C=O) groups is 4. The molecule has 78 heavy (non-hydrogen) atoms. The van der Waals surface area contributed by atoms with Crippen molar-refractivity contribution < 1.29 is 108 Å². The zero-order valence-electron chi connectivity index (χ0n) is 51.9. The summed E-state index contributed by atoms with van der Waals surface area (Å²) in [5, 5.41) is 42.6. The van der Waals surface area contributed by atoms with E-state index in [1.165, 1.54) is 51.4 Å². The number of carboxylic acids is 4. The Kier molecular flexibility index (Phi) is 18.0. The van der Waals surface area contributed by atoms with E-state index in [9.17, 15) is 29.4 Å². The van der Waals surface area contributed by atoms with Gasteiger partial charge in [-0.1, -0.05) is 120 Å². The van der Waals surface area contributed by atoms with Crippen molar-refractivity contribution in [2.45, 2.75) is 250 Å². The van der Waals surface area contributed by atoms with Crippen molar-refractivity contribution in [2.24, 2.45) is 100 Å². The molecule has 2 N–H and O–H groups in total. The summed E-state index contributed by atoms with van der Waals surface area (Å²) in [6.07, 6.45) is 26.3. The van der Waals surface area contributed by atoms with Crippen molar-refractivity contribution in [3.63, 3.8) is 0 Å². The van der Waals surface area contributed by atoms with E-state index >= 15 is 0 Å². The molecule has 10 nitrogen and oxygen atoms in total. The summed E-state index contributed by atoms with van der Waals surface area (Å²) in [7, 11) is 0. The predicted octanol–water partition coefficient (Wildman–Crippen LogP) is 6.80. The summed E-state index contributed by atoms with van der Waals surface area (Å²) in [5.41, 5.74) is 3.06. The van der Waals surface area contributed by atoms with E-state index in [0.717, 1.165) is 77.0 Å². The van der Waals surface area contributed by atoms with Crippen molar-refractivity contribution in [3.8, 4) is 0 Å². The normalized spacial score (nSPS) is 48.2. The molecule has 10 aliphatic rings. The Hall–Kier alpha value is -0.720. The van der Waals surface area contributed by atoms with Crippen LogP contribution in [0.3, 0.4) is 0 Å². The molecule has 12 heteroatoms. The first-order valence-electron chi connectivity index (χ1n) is 30.6. The van der Waals surface area contributed by atoms with Crippen molar-refractivity contribution in [1.82, 2.24) is 0 Å². The molecule has 0 amide bonds. The number of carbonyl (C=O) groups excluding carboxylic acids is 2. The molecule has 0 radical (unpaired) electrons. The quantitative estimate of drug-likeness (QED) is 0.175. The number of hydrogen-bond donors (Lipinski definition) is 2. The van der Waals surface area contributed by atoms with Crippen LogP contribution in [0, 0.1) is 100 Å². The average Bonchev–Trinajstić information content (AvgIpc) is 3.53. The number of carboxylic acid groups (broad SMARTS) is 4. The molecule has 6 unspecified atom stereocenters. The van der Waals surface area contributed by atoms with E-state index in [0.29, 0.717) is 48.7 Å². The number of ether oxygens (including phenoxy) is 2. The van der Waals surface area contributed by atoms with Crippen LogP contribution in [0.4, 0.5) is 0 Å². The molecule has 0 aliphatic heterocycles. The van der Waals surface area contributed by atoms with E-state index < -0.39 is 34.7 Å². The van der Waals surface area contributed by atoms with Crippen molar-refractivity contribution in [2.75, 3.05) is 13.2 Å². The molecule has 10 rings (SSSR count). The van der Waals surface area contributed by atoms with Gasteiger partial charge < -0.3 is 39.5 Å². The first-order valence-corrected chi connectivity index (χ1v) is 30.6. The first-order chi connectivity index (χ1) is 35.1. The second-order valence-electron chi connectivity index (χ2n) is 31.8. The summed E-state index contributed by atoms with van der Waals surface area (Å²) < 4.78 is 12.5. The number of fused-ring (bicyclic) bond motifs is 14. The van der Waals surface area contributed by atoms with Crippen LogP contribution in [0.15, 0.2) is 23.3 Å². The second-order valence-corrected chi connectivity index (χ2v) is 31.8. The minimum atomic E-state index is -0.870. The maximum Gasteiger partial charge on any atom is 1.00 e. The molecule has 0 saturated heterocycles. The molecular weight excluding hydrogens is 999 g/mol. The second kappa shape index (κ2) is 21.7. The molecule has 0 spiro atoms. The van der Waals surface area contributed by atoms with Crippen LogP contribution in [-0.4, -0.2) is 59.5 Å². The molecule has 8 fully saturated rings. The monoisotopic (exact) mass is 1100 g/mol. The third kappa shape index (κ3) is 9.86. The van der Waals surface area contributed by atoms with Gasteiger partial charge in [0.1, 0.15) is 0 Å². The van der Waals surface area contributed by atoms with E-state index in [1.54, 1.807) is 11.1 Å². The summed E-state index contributed by atoms with van der Waals surface area (Å²) >= 11 is 0. The summed E-state index contributed by atoms with van der Waals surface area (Å²) in [5.74, 6) is -0.417. The van der Waals surface area contributed by atoms with Gasteiger partial charge in [-0.05, 0) is 218 Å². The Morgan fingerprint density at radius 3 is 1.13 bits per heavy atom. The minimum Gasteiger partial charge on any atom is -0.550 e. The summed E-state index contributed by atoms with van der Waals surface area (Å²) in [6, 6.07) is 0. The molecule has 0 aromatic carbocycles. The van der Waals surface area contributed by atoms with Crippen LogP contribution in [0.2, 0.25) is 0 Å². The molecule has 0 aromatic rings. The molecule has 10 aliphatic carbocycles. The number of aliphatic carboxylic acids is 4. The standard InChI is InChI=1S/2C33H52O5.2Na/c2*1-28(2)23-10-14-33(7)24(31(23,5)13-11-25(28)38-19-12-26(34)35)9-8-21-22-20-30(4,27(36)37)16-15-29(22,3)17-18-32(21,33)6;;/h2*8,22-25H,9-20H2,1-7H3,(H,34,35)(H,36,37);;/q;;2*+1/p-2/t22-,23?,24?,25+,29-,30?,31+,32-,33-;22-,23?,24?,25-,29+,30?,31-,32+,33+;;/m10../s1. The van der Waals surface area contributed by atoms with Crippen LogP contribution >= 0.6 is 0 Å². The van der Waals surface area contributed by atoms with Gasteiger partial charge in [0.05, 0.1) is 38.3 Å². The average molecular weight is 1100 g/mol. The van der Waals surface area contributed by atoms with Crippen LogP contribution in [0.25, 0.3) is 0 Å². The zero-order chi connectivity index (χ0) is 55.9. The molecule has 428 valence electrons. The van der Waals surface area contributed by atoms with Crippen molar-refractivity contribution >= 4 is 23.9 Å². The molecule has 0 bridgehead atoms. The smallest absolute Gasteiger partial charge is 0.550 e. The predicted molar refractivity (Wildman–Crippen MR) is 292 cm³/mol. The van der Waals surface area contributed by atoms with Gasteiger partial charge in [0.25, 0.3) is 0 Å². The topological polar surface area (TPSA) is 173 Å². The summed E-state index contributed by atoms with van der Waals surface area (Å²) in [4.78, 5) is 46.6. The Morgan fingerprint density at radius 2 is 0.808 bits per heavy atom. The Morgan fingerprint density at radius 1 is 0.474 bits per heavy atom. The van der Waals surface area contributed by atoms with Gasteiger partial charge in [-0.25, -0.2) is 0 Å². The summed E-state index contributed by atoms with van der Waals surface area (Å²) in [6.45, 7) is 34.1. The van der Waals surface area contributed by atoms with Crippen LogP contribution in [-0.2, 0) is 28.7 Å². The van der Waals surface area contributed by atoms with Gasteiger partial charge >= 0.3 is 71.1 Å². The maximum absolute atomic E-state index is 12.2.